The molecule has 1 N–H and O–H groups in total. The van der Waals surface area contributed by atoms with Gasteiger partial charge in [0.05, 0.1) is 54.1 Å². The number of carbonyl (C=O) groups is 1. The van der Waals surface area contributed by atoms with Crippen LogP contribution in [0.2, 0.25) is 0 Å². The van der Waals surface area contributed by atoms with Gasteiger partial charge in [-0.25, -0.2) is 18.5 Å². The molecule has 3 aromatic heterocycles. The van der Waals surface area contributed by atoms with Gasteiger partial charge < -0.3 is 5.32 Å². The Morgan fingerprint density at radius 2 is 1.80 bits per heavy atom. The zero-order valence-electron chi connectivity index (χ0n) is 25.3. The van der Waals surface area contributed by atoms with E-state index in [-0.39, 0.29) is 23.0 Å². The van der Waals surface area contributed by atoms with Crippen LogP contribution >= 0.6 is 0 Å². The first kappa shape index (κ1) is 30.6. The number of nitriles is 1. The van der Waals surface area contributed by atoms with Gasteiger partial charge in [0, 0.05) is 13.1 Å². The Kier molecular flexibility index (Phi) is 8.12. The van der Waals surface area contributed by atoms with Crippen LogP contribution in [0, 0.1) is 17.2 Å². The van der Waals surface area contributed by atoms with Gasteiger partial charge in [-0.1, -0.05) is 6.07 Å². The maximum Gasteiger partial charge on any atom is 0.416 e. The molecule has 1 aliphatic carbocycles. The van der Waals surface area contributed by atoms with Crippen LogP contribution in [-0.2, 0) is 26.8 Å². The van der Waals surface area contributed by atoms with Crippen LogP contribution in [0.15, 0.2) is 84.3 Å². The van der Waals surface area contributed by atoms with E-state index in [9.17, 15) is 28.0 Å². The van der Waals surface area contributed by atoms with Gasteiger partial charge in [0.15, 0.2) is 0 Å². The molecule has 13 heteroatoms. The molecule has 0 aliphatic heterocycles. The fraction of sp³-hybridized carbons (Fsp3) is 0.303. The number of hydrogen-bond acceptors (Lipinski definition) is 4. The van der Waals surface area contributed by atoms with Crippen molar-refractivity contribution < 1.29 is 22.5 Å². The summed E-state index contributed by atoms with van der Waals surface area (Å²) in [7, 11) is 3.50. The summed E-state index contributed by atoms with van der Waals surface area (Å²) in [6.07, 6.45) is 6.19. The number of nitrogens with one attached hydrogen (secondary N) is 1. The van der Waals surface area contributed by atoms with Gasteiger partial charge in [0.25, 0.3) is 11.5 Å². The second-order valence-electron chi connectivity index (χ2n) is 11.7. The Bertz CT molecular complexity index is 1980. The number of benzene rings is 2. The van der Waals surface area contributed by atoms with E-state index in [0.717, 1.165) is 49.0 Å². The van der Waals surface area contributed by atoms with E-state index >= 15 is 0 Å². The van der Waals surface area contributed by atoms with Gasteiger partial charge >= 0.3 is 6.18 Å². The minimum absolute atomic E-state index is 0.0361. The zero-order chi connectivity index (χ0) is 32.6. The van der Waals surface area contributed by atoms with Gasteiger partial charge in [0.1, 0.15) is 23.7 Å². The Labute approximate surface area is 262 Å². The molecule has 1 saturated carbocycles. The third kappa shape index (κ3) is 5.98. The molecular weight excluding hydrogens is 597 g/mol. The number of hydrogen-bond donors (Lipinski definition) is 1. The molecule has 2 aromatic carbocycles. The van der Waals surface area contributed by atoms with Crippen LogP contribution in [0.25, 0.3) is 22.8 Å². The van der Waals surface area contributed by atoms with Crippen LogP contribution < -0.4 is 15.4 Å². The maximum atomic E-state index is 14.1. The third-order valence-corrected chi connectivity index (χ3v) is 8.51. The molecule has 0 atom stereocenters. The van der Waals surface area contributed by atoms with Crippen molar-refractivity contribution in [2.24, 2.45) is 20.0 Å². The average Bonchev–Trinajstić information content (AvgIpc) is 3.75. The molecule has 5 aromatic rings. The lowest BCUT2D eigenvalue weighted by molar-refractivity contribution is -0.703. The standard InChI is InChI=1S/C33H31F3N8O2/c1-40-16-17-42(21-40)20-23-6-10-25(11-7-23)39-31(45)29-30(28-14-15-38-43(28)26-12-8-22(19-37)9-13-26)41(2)44(32(29)46)27-5-3-4-24(18-27)33(34,35)36/h3-5,8-9,12-18,21,23,25H,6-7,10-11,20H2,1-2H3/p+1/t23-,25-. The third-order valence-electron chi connectivity index (χ3n) is 8.51. The summed E-state index contributed by atoms with van der Waals surface area (Å²) in [6.45, 7) is 0.880. The number of alkyl halides is 3. The minimum atomic E-state index is -4.63. The van der Waals surface area contributed by atoms with Crippen molar-refractivity contribution in [3.63, 3.8) is 0 Å². The number of aromatic nitrogens is 6. The summed E-state index contributed by atoms with van der Waals surface area (Å²) >= 11 is 0. The Balaban J connectivity index is 1.37. The summed E-state index contributed by atoms with van der Waals surface area (Å²) in [5.74, 6) is -0.150. The number of nitrogens with zero attached hydrogens (tertiary/aromatic N) is 7. The fourth-order valence-corrected chi connectivity index (χ4v) is 6.23. The first-order chi connectivity index (χ1) is 22.0. The van der Waals surface area contributed by atoms with E-state index in [1.807, 2.05) is 30.3 Å². The molecule has 236 valence electrons. The van der Waals surface area contributed by atoms with E-state index in [0.29, 0.717) is 22.9 Å². The predicted octanol–water partition coefficient (Wildman–Crippen LogP) is 4.53. The number of amides is 1. The van der Waals surface area contributed by atoms with Gasteiger partial charge in [-0.05, 0) is 80.1 Å². The Morgan fingerprint density at radius 3 is 2.46 bits per heavy atom. The SMILES string of the molecule is Cn1cc[n+](C[C@H]2CC[C@H](NC(=O)c3c(-c4ccnn4-c4ccc(C#N)cc4)n(C)n(-c4cccc(C(F)(F)F)c4)c3=O)CC2)c1. The normalized spacial score (nSPS) is 16.7. The predicted molar refractivity (Wildman–Crippen MR) is 162 cm³/mol. The highest BCUT2D eigenvalue weighted by atomic mass is 19.4. The highest BCUT2D eigenvalue weighted by Crippen LogP contribution is 2.32. The molecule has 6 rings (SSSR count). The van der Waals surface area contributed by atoms with Crippen LogP contribution in [0.3, 0.4) is 0 Å². The molecule has 0 radical (unpaired) electrons. The second kappa shape index (κ2) is 12.2. The van der Waals surface area contributed by atoms with Crippen molar-refractivity contribution in [1.82, 2.24) is 29.0 Å². The quantitative estimate of drug-likeness (QED) is 0.267. The first-order valence-electron chi connectivity index (χ1n) is 14.9. The van der Waals surface area contributed by atoms with Crippen molar-refractivity contribution in [2.45, 2.75) is 44.4 Å². The molecule has 0 spiro atoms. The van der Waals surface area contributed by atoms with E-state index in [4.69, 9.17) is 0 Å². The van der Waals surface area contributed by atoms with Gasteiger partial charge in [-0.15, -0.1) is 0 Å². The zero-order valence-corrected chi connectivity index (χ0v) is 25.3. The molecule has 1 fully saturated rings. The number of carbonyl (C=O) groups excluding carboxylic acids is 1. The van der Waals surface area contributed by atoms with Crippen LogP contribution in [0.1, 0.15) is 47.2 Å². The number of imidazole rings is 1. The topological polar surface area (TPSA) is 106 Å². The molecule has 10 nitrogen and oxygen atoms in total. The molecule has 1 amide bonds. The van der Waals surface area contributed by atoms with Crippen LogP contribution in [0.4, 0.5) is 13.2 Å². The summed E-state index contributed by atoms with van der Waals surface area (Å²) < 4.78 is 49.0. The number of aryl methyl sites for hydroxylation is 1. The smallest absolute Gasteiger partial charge is 0.349 e. The summed E-state index contributed by atoms with van der Waals surface area (Å²) in [5.41, 5.74) is -0.324. The summed E-state index contributed by atoms with van der Waals surface area (Å²) in [5, 5.41) is 16.7. The molecule has 46 heavy (non-hydrogen) atoms. The highest BCUT2D eigenvalue weighted by Gasteiger charge is 2.33. The molecule has 0 unspecified atom stereocenters. The first-order valence-corrected chi connectivity index (χ1v) is 14.9. The van der Waals surface area contributed by atoms with Crippen LogP contribution in [-0.4, -0.2) is 35.7 Å². The molecule has 0 saturated heterocycles. The summed E-state index contributed by atoms with van der Waals surface area (Å²) in [4.78, 5) is 28.1. The largest absolute Gasteiger partial charge is 0.416 e. The molecular formula is C33H32F3N8O2+. The lowest BCUT2D eigenvalue weighted by Crippen LogP contribution is -2.42. The lowest BCUT2D eigenvalue weighted by atomic mass is 9.86. The minimum Gasteiger partial charge on any atom is -0.349 e. The second-order valence-corrected chi connectivity index (χ2v) is 11.7. The molecule has 0 bridgehead atoms. The lowest BCUT2D eigenvalue weighted by Gasteiger charge is -2.28. The van der Waals surface area contributed by atoms with E-state index in [1.54, 1.807) is 30.3 Å². The van der Waals surface area contributed by atoms with Crippen molar-refractivity contribution in [1.29, 1.82) is 5.26 Å². The maximum absolute atomic E-state index is 14.1. The van der Waals surface area contributed by atoms with Crippen LogP contribution in [0.5, 0.6) is 0 Å². The van der Waals surface area contributed by atoms with Crippen molar-refractivity contribution >= 4 is 5.91 Å². The Hall–Kier alpha value is -5.38. The van der Waals surface area contributed by atoms with Crippen molar-refractivity contribution in [3.8, 4) is 28.8 Å². The van der Waals surface area contributed by atoms with Crippen molar-refractivity contribution in [3.05, 3.63) is 107 Å². The van der Waals surface area contributed by atoms with E-state index in [1.165, 1.54) is 34.7 Å². The van der Waals surface area contributed by atoms with Gasteiger partial charge in [0.2, 0.25) is 6.33 Å². The van der Waals surface area contributed by atoms with Crippen molar-refractivity contribution in [2.75, 3.05) is 0 Å². The Morgan fingerprint density at radius 1 is 1.07 bits per heavy atom. The fourth-order valence-electron chi connectivity index (χ4n) is 6.23. The van der Waals surface area contributed by atoms with Gasteiger partial charge in [-0.3, -0.25) is 14.3 Å². The highest BCUT2D eigenvalue weighted by molar-refractivity contribution is 6.00. The average molecular weight is 630 g/mol. The molecule has 1 aliphatic rings. The summed E-state index contributed by atoms with van der Waals surface area (Å²) in [6, 6.07) is 14.6. The van der Waals surface area contributed by atoms with Gasteiger partial charge in [-0.2, -0.15) is 23.5 Å². The number of halogens is 3. The van der Waals surface area contributed by atoms with E-state index < -0.39 is 23.2 Å². The van der Waals surface area contributed by atoms with E-state index in [2.05, 4.69) is 21.1 Å². The molecule has 3 heterocycles. The number of rotatable bonds is 7. The monoisotopic (exact) mass is 629 g/mol.